The van der Waals surface area contributed by atoms with Crippen LogP contribution < -0.4 is 0 Å². The van der Waals surface area contributed by atoms with E-state index in [9.17, 15) is 4.79 Å². The lowest BCUT2D eigenvalue weighted by molar-refractivity contribution is -0.118. The van der Waals surface area contributed by atoms with Gasteiger partial charge in [0.25, 0.3) is 0 Å². The second-order valence-electron chi connectivity index (χ2n) is 4.24. The Morgan fingerprint density at radius 1 is 1.54 bits per heavy atom. The molecule has 1 rings (SSSR count). The average Bonchev–Trinajstić information content (AvgIpc) is 2.01. The SMILES string of the molecule is CC1(C)CC(=O)C=C(CO)[C@H]1CO. The Morgan fingerprint density at radius 2 is 2.15 bits per heavy atom. The van der Waals surface area contributed by atoms with Gasteiger partial charge in [0.2, 0.25) is 0 Å². The highest BCUT2D eigenvalue weighted by Gasteiger charge is 2.36. The number of rotatable bonds is 2. The smallest absolute Gasteiger partial charge is 0.156 e. The molecule has 0 heterocycles. The van der Waals surface area contributed by atoms with Crippen LogP contribution in [-0.4, -0.2) is 29.2 Å². The van der Waals surface area contributed by atoms with Crippen LogP contribution in [0.2, 0.25) is 0 Å². The van der Waals surface area contributed by atoms with Gasteiger partial charge in [0.05, 0.1) is 13.2 Å². The van der Waals surface area contributed by atoms with Crippen LogP contribution in [0.3, 0.4) is 0 Å². The number of aliphatic hydroxyl groups excluding tert-OH is 2. The first-order valence-electron chi connectivity index (χ1n) is 4.46. The van der Waals surface area contributed by atoms with Gasteiger partial charge in [-0.3, -0.25) is 4.79 Å². The van der Waals surface area contributed by atoms with E-state index in [-0.39, 0.29) is 30.3 Å². The zero-order valence-electron chi connectivity index (χ0n) is 8.08. The van der Waals surface area contributed by atoms with Crippen LogP contribution >= 0.6 is 0 Å². The molecule has 0 aromatic heterocycles. The minimum atomic E-state index is -0.237. The van der Waals surface area contributed by atoms with Crippen molar-refractivity contribution in [2.24, 2.45) is 11.3 Å². The summed E-state index contributed by atoms with van der Waals surface area (Å²) in [6.45, 7) is 3.73. The first kappa shape index (κ1) is 10.4. The maximum absolute atomic E-state index is 11.2. The zero-order chi connectivity index (χ0) is 10.1. The molecule has 3 heteroatoms. The Balaban J connectivity index is 2.98. The molecule has 0 aromatic carbocycles. The van der Waals surface area contributed by atoms with Crippen molar-refractivity contribution in [3.8, 4) is 0 Å². The monoisotopic (exact) mass is 184 g/mol. The van der Waals surface area contributed by atoms with Crippen LogP contribution in [0.15, 0.2) is 11.6 Å². The molecule has 0 amide bonds. The summed E-state index contributed by atoms with van der Waals surface area (Å²) in [5.74, 6) is -0.0473. The van der Waals surface area contributed by atoms with E-state index in [0.29, 0.717) is 12.0 Å². The van der Waals surface area contributed by atoms with E-state index in [1.165, 1.54) is 6.08 Å². The molecule has 0 bridgehead atoms. The molecule has 0 unspecified atom stereocenters. The van der Waals surface area contributed by atoms with E-state index in [2.05, 4.69) is 0 Å². The van der Waals surface area contributed by atoms with Crippen LogP contribution in [0.4, 0.5) is 0 Å². The Labute approximate surface area is 78.1 Å². The molecule has 1 aliphatic carbocycles. The van der Waals surface area contributed by atoms with E-state index >= 15 is 0 Å². The van der Waals surface area contributed by atoms with Gasteiger partial charge in [-0.2, -0.15) is 0 Å². The maximum atomic E-state index is 11.2. The molecule has 0 fully saturated rings. The van der Waals surface area contributed by atoms with Crippen molar-refractivity contribution in [1.82, 2.24) is 0 Å². The van der Waals surface area contributed by atoms with Gasteiger partial charge >= 0.3 is 0 Å². The normalized spacial score (nSPS) is 27.2. The predicted molar refractivity (Wildman–Crippen MR) is 49.1 cm³/mol. The molecule has 0 radical (unpaired) electrons. The van der Waals surface area contributed by atoms with Crippen LogP contribution in [0.5, 0.6) is 0 Å². The highest BCUT2D eigenvalue weighted by Crippen LogP contribution is 2.38. The van der Waals surface area contributed by atoms with Crippen LogP contribution in [0, 0.1) is 11.3 Å². The van der Waals surface area contributed by atoms with Gasteiger partial charge in [0.15, 0.2) is 5.78 Å². The number of hydrogen-bond donors (Lipinski definition) is 2. The number of hydrogen-bond acceptors (Lipinski definition) is 3. The summed E-state index contributed by atoms with van der Waals surface area (Å²) in [7, 11) is 0. The van der Waals surface area contributed by atoms with Gasteiger partial charge in [0.1, 0.15) is 0 Å². The Bertz CT molecular complexity index is 241. The molecule has 0 spiro atoms. The fourth-order valence-corrected chi connectivity index (χ4v) is 1.95. The van der Waals surface area contributed by atoms with E-state index in [1.807, 2.05) is 13.8 Å². The highest BCUT2D eigenvalue weighted by molar-refractivity contribution is 5.92. The van der Waals surface area contributed by atoms with Crippen molar-refractivity contribution in [1.29, 1.82) is 0 Å². The number of ketones is 1. The topological polar surface area (TPSA) is 57.5 Å². The third-order valence-electron chi connectivity index (χ3n) is 2.73. The molecular formula is C10H16O3. The molecule has 0 aromatic rings. The molecule has 1 aliphatic rings. The molecule has 13 heavy (non-hydrogen) atoms. The van der Waals surface area contributed by atoms with Gasteiger partial charge in [-0.25, -0.2) is 0 Å². The summed E-state index contributed by atoms with van der Waals surface area (Å²) in [4.78, 5) is 11.2. The lowest BCUT2D eigenvalue weighted by atomic mass is 9.68. The molecule has 0 saturated heterocycles. The molecule has 74 valence electrons. The van der Waals surface area contributed by atoms with Crippen molar-refractivity contribution >= 4 is 5.78 Å². The van der Waals surface area contributed by atoms with Crippen LogP contribution in [0.1, 0.15) is 20.3 Å². The minimum Gasteiger partial charge on any atom is -0.396 e. The Morgan fingerprint density at radius 3 is 2.62 bits per heavy atom. The van der Waals surface area contributed by atoms with Crippen molar-refractivity contribution in [2.75, 3.05) is 13.2 Å². The molecule has 1 atom stereocenters. The Kier molecular flexibility index (Phi) is 2.88. The van der Waals surface area contributed by atoms with Crippen molar-refractivity contribution in [2.45, 2.75) is 20.3 Å². The summed E-state index contributed by atoms with van der Waals surface area (Å²) in [5, 5.41) is 18.2. The van der Waals surface area contributed by atoms with Gasteiger partial charge in [0, 0.05) is 12.3 Å². The quantitative estimate of drug-likeness (QED) is 0.657. The van der Waals surface area contributed by atoms with Crippen molar-refractivity contribution in [3.63, 3.8) is 0 Å². The lowest BCUT2D eigenvalue weighted by Crippen LogP contribution is -2.35. The van der Waals surface area contributed by atoms with Crippen molar-refractivity contribution in [3.05, 3.63) is 11.6 Å². The number of carbonyl (C=O) groups is 1. The first-order valence-corrected chi connectivity index (χ1v) is 4.46. The van der Waals surface area contributed by atoms with Crippen LogP contribution in [-0.2, 0) is 4.79 Å². The van der Waals surface area contributed by atoms with E-state index in [0.717, 1.165) is 0 Å². The Hall–Kier alpha value is -0.670. The first-order chi connectivity index (χ1) is 6.01. The van der Waals surface area contributed by atoms with Crippen LogP contribution in [0.25, 0.3) is 0 Å². The third-order valence-corrected chi connectivity index (χ3v) is 2.73. The number of allylic oxidation sites excluding steroid dienone is 1. The molecule has 0 saturated carbocycles. The predicted octanol–water partition coefficient (Wildman–Crippen LogP) is 0.513. The van der Waals surface area contributed by atoms with Gasteiger partial charge in [-0.15, -0.1) is 0 Å². The number of carbonyl (C=O) groups excluding carboxylic acids is 1. The second kappa shape index (κ2) is 3.60. The summed E-state index contributed by atoms with van der Waals surface area (Å²) in [6, 6.07) is 0. The molecule has 0 aliphatic heterocycles. The summed E-state index contributed by atoms with van der Waals surface area (Å²) < 4.78 is 0. The van der Waals surface area contributed by atoms with E-state index < -0.39 is 0 Å². The summed E-state index contributed by atoms with van der Waals surface area (Å²) in [5.41, 5.74) is 0.419. The molecular weight excluding hydrogens is 168 g/mol. The minimum absolute atomic E-state index is 0.00727. The zero-order valence-corrected chi connectivity index (χ0v) is 8.08. The maximum Gasteiger partial charge on any atom is 0.156 e. The third kappa shape index (κ3) is 1.98. The van der Waals surface area contributed by atoms with Gasteiger partial charge in [-0.05, 0) is 17.1 Å². The van der Waals surface area contributed by atoms with Gasteiger partial charge in [-0.1, -0.05) is 13.8 Å². The highest BCUT2D eigenvalue weighted by atomic mass is 16.3. The van der Waals surface area contributed by atoms with Gasteiger partial charge < -0.3 is 10.2 Å². The summed E-state index contributed by atoms with van der Waals surface area (Å²) in [6.07, 6.45) is 1.91. The fourth-order valence-electron chi connectivity index (χ4n) is 1.95. The summed E-state index contributed by atoms with van der Waals surface area (Å²) >= 11 is 0. The lowest BCUT2D eigenvalue weighted by Gasteiger charge is -2.36. The number of aliphatic hydroxyl groups is 2. The standard InChI is InChI=1S/C10H16O3/c1-10(2)4-8(13)3-7(5-11)9(10)6-12/h3,9,11-12H,4-6H2,1-2H3/t9-/m1/s1. The second-order valence-corrected chi connectivity index (χ2v) is 4.24. The largest absolute Gasteiger partial charge is 0.396 e. The van der Waals surface area contributed by atoms with Crippen molar-refractivity contribution < 1.29 is 15.0 Å². The molecule has 3 nitrogen and oxygen atoms in total. The average molecular weight is 184 g/mol. The van der Waals surface area contributed by atoms with E-state index in [1.54, 1.807) is 0 Å². The molecule has 2 N–H and O–H groups in total. The van der Waals surface area contributed by atoms with E-state index in [4.69, 9.17) is 10.2 Å². The fraction of sp³-hybridized carbons (Fsp3) is 0.700.